The maximum atomic E-state index is 11.5. The van der Waals surface area contributed by atoms with Crippen LogP contribution in [-0.4, -0.2) is 17.6 Å². The summed E-state index contributed by atoms with van der Waals surface area (Å²) in [5.41, 5.74) is 2.11. The Bertz CT molecular complexity index is 399. The number of rotatable bonds is 2. The lowest BCUT2D eigenvalue weighted by atomic mass is 10.1. The van der Waals surface area contributed by atoms with E-state index in [-0.39, 0.29) is 0 Å². The lowest BCUT2D eigenvalue weighted by Crippen LogP contribution is -2.06. The van der Waals surface area contributed by atoms with Gasteiger partial charge in [-0.15, -0.1) is 0 Å². The van der Waals surface area contributed by atoms with Crippen molar-refractivity contribution < 1.29 is 9.53 Å². The van der Waals surface area contributed by atoms with E-state index < -0.39 is 5.97 Å². The molecule has 1 N–H and O–H groups in total. The number of H-pyrrole nitrogens is 1. The molecule has 1 aromatic heterocycles. The highest BCUT2D eigenvalue weighted by atomic mass is 16.5. The van der Waals surface area contributed by atoms with E-state index in [0.29, 0.717) is 29.1 Å². The molecule has 0 radical (unpaired) electrons. The molecule has 0 unspecified atom stereocenters. The molecule has 4 nitrogen and oxygen atoms in total. The summed E-state index contributed by atoms with van der Waals surface area (Å²) in [5, 5.41) is 8.85. The van der Waals surface area contributed by atoms with Crippen LogP contribution in [0.25, 0.3) is 0 Å². The number of nitriles is 1. The molecular formula is C10H12N2O2. The van der Waals surface area contributed by atoms with Crippen LogP contribution in [0.2, 0.25) is 0 Å². The van der Waals surface area contributed by atoms with Crippen LogP contribution in [0.4, 0.5) is 0 Å². The van der Waals surface area contributed by atoms with Gasteiger partial charge in [0.05, 0.1) is 17.7 Å². The Labute approximate surface area is 82.5 Å². The summed E-state index contributed by atoms with van der Waals surface area (Å²) >= 11 is 0. The van der Waals surface area contributed by atoms with Crippen molar-refractivity contribution in [2.24, 2.45) is 0 Å². The molecule has 0 bridgehead atoms. The average Bonchev–Trinajstić information content (AvgIpc) is 2.40. The Hall–Kier alpha value is -1.76. The summed E-state index contributed by atoms with van der Waals surface area (Å²) in [7, 11) is 0. The highest BCUT2D eigenvalue weighted by Gasteiger charge is 2.19. The number of hydrogen-bond acceptors (Lipinski definition) is 3. The van der Waals surface area contributed by atoms with E-state index >= 15 is 0 Å². The molecule has 4 heteroatoms. The minimum absolute atomic E-state index is 0.313. The standard InChI is InChI=1S/C10H12N2O2/c1-4-14-10(13)9-7(3)12-6(2)8(9)5-11/h12H,4H2,1-3H3. The quantitative estimate of drug-likeness (QED) is 0.725. The van der Waals surface area contributed by atoms with Crippen LogP contribution in [0.1, 0.15) is 34.2 Å². The van der Waals surface area contributed by atoms with Crippen molar-refractivity contribution in [3.8, 4) is 6.07 Å². The Kier molecular flexibility index (Phi) is 2.92. The average molecular weight is 192 g/mol. The van der Waals surface area contributed by atoms with Crippen molar-refractivity contribution in [2.75, 3.05) is 6.61 Å². The number of aromatic amines is 1. The zero-order valence-corrected chi connectivity index (χ0v) is 8.47. The van der Waals surface area contributed by atoms with E-state index in [1.54, 1.807) is 20.8 Å². The lowest BCUT2D eigenvalue weighted by Gasteiger charge is -2.00. The van der Waals surface area contributed by atoms with Crippen LogP contribution in [0.5, 0.6) is 0 Å². The maximum absolute atomic E-state index is 11.5. The Morgan fingerprint density at radius 2 is 2.14 bits per heavy atom. The van der Waals surface area contributed by atoms with E-state index in [2.05, 4.69) is 4.98 Å². The number of nitrogens with one attached hydrogen (secondary N) is 1. The first kappa shape index (κ1) is 10.3. The number of ether oxygens (including phenoxy) is 1. The van der Waals surface area contributed by atoms with Crippen molar-refractivity contribution in [1.82, 2.24) is 4.98 Å². The van der Waals surface area contributed by atoms with Crippen LogP contribution in [0, 0.1) is 25.2 Å². The molecule has 0 amide bonds. The largest absolute Gasteiger partial charge is 0.462 e. The van der Waals surface area contributed by atoms with E-state index in [4.69, 9.17) is 10.00 Å². The summed E-state index contributed by atoms with van der Waals surface area (Å²) in [4.78, 5) is 14.4. The topological polar surface area (TPSA) is 65.9 Å². The highest BCUT2D eigenvalue weighted by Crippen LogP contribution is 2.18. The van der Waals surface area contributed by atoms with Gasteiger partial charge in [-0.05, 0) is 20.8 Å². The predicted molar refractivity (Wildman–Crippen MR) is 50.9 cm³/mol. The second-order valence-electron chi connectivity index (χ2n) is 2.96. The third kappa shape index (κ3) is 1.62. The first-order valence-corrected chi connectivity index (χ1v) is 4.38. The fraction of sp³-hybridized carbons (Fsp3) is 0.400. The van der Waals surface area contributed by atoms with E-state index in [0.717, 1.165) is 0 Å². The molecule has 0 aliphatic carbocycles. The van der Waals surface area contributed by atoms with Gasteiger partial charge in [0.25, 0.3) is 0 Å². The van der Waals surface area contributed by atoms with Gasteiger partial charge in [-0.2, -0.15) is 5.26 Å². The first-order chi connectivity index (χ1) is 6.61. The van der Waals surface area contributed by atoms with E-state index in [9.17, 15) is 4.79 Å². The fourth-order valence-electron chi connectivity index (χ4n) is 1.38. The van der Waals surface area contributed by atoms with Crippen molar-refractivity contribution in [3.63, 3.8) is 0 Å². The second-order valence-corrected chi connectivity index (χ2v) is 2.96. The number of hydrogen-bond donors (Lipinski definition) is 1. The first-order valence-electron chi connectivity index (χ1n) is 4.38. The minimum atomic E-state index is -0.439. The third-order valence-electron chi connectivity index (χ3n) is 1.97. The molecule has 0 fully saturated rings. The number of aryl methyl sites for hydroxylation is 2. The molecule has 1 rings (SSSR count). The number of carbonyl (C=O) groups is 1. The van der Waals surface area contributed by atoms with Crippen molar-refractivity contribution in [3.05, 3.63) is 22.5 Å². The third-order valence-corrected chi connectivity index (χ3v) is 1.97. The fourth-order valence-corrected chi connectivity index (χ4v) is 1.38. The monoisotopic (exact) mass is 192 g/mol. The van der Waals surface area contributed by atoms with Gasteiger partial charge in [-0.1, -0.05) is 0 Å². The summed E-state index contributed by atoms with van der Waals surface area (Å²) in [6.45, 7) is 5.56. The molecule has 0 aromatic carbocycles. The molecule has 14 heavy (non-hydrogen) atoms. The Morgan fingerprint density at radius 3 is 2.64 bits per heavy atom. The van der Waals surface area contributed by atoms with E-state index in [1.807, 2.05) is 6.07 Å². The summed E-state index contributed by atoms with van der Waals surface area (Å²) in [6.07, 6.45) is 0. The molecule has 0 aliphatic heterocycles. The van der Waals surface area contributed by atoms with Crippen molar-refractivity contribution >= 4 is 5.97 Å². The molecule has 1 aromatic rings. The Morgan fingerprint density at radius 1 is 1.50 bits per heavy atom. The SMILES string of the molecule is CCOC(=O)c1c(C)[nH]c(C)c1C#N. The normalized spacial score (nSPS) is 9.57. The molecule has 0 saturated carbocycles. The molecule has 0 spiro atoms. The van der Waals surface area contributed by atoms with Crippen LogP contribution < -0.4 is 0 Å². The molecule has 0 aliphatic rings. The van der Waals surface area contributed by atoms with Gasteiger partial charge in [0.2, 0.25) is 0 Å². The van der Waals surface area contributed by atoms with Gasteiger partial charge in [-0.25, -0.2) is 4.79 Å². The number of carbonyl (C=O) groups excluding carboxylic acids is 1. The minimum Gasteiger partial charge on any atom is -0.462 e. The zero-order valence-electron chi connectivity index (χ0n) is 8.47. The van der Waals surface area contributed by atoms with E-state index in [1.165, 1.54) is 0 Å². The van der Waals surface area contributed by atoms with Gasteiger partial charge in [0, 0.05) is 11.4 Å². The van der Waals surface area contributed by atoms with Gasteiger partial charge in [0.15, 0.2) is 0 Å². The summed E-state index contributed by atoms with van der Waals surface area (Å²) in [5.74, 6) is -0.439. The number of esters is 1. The second kappa shape index (κ2) is 3.97. The van der Waals surface area contributed by atoms with Crippen molar-refractivity contribution in [1.29, 1.82) is 5.26 Å². The van der Waals surface area contributed by atoms with Gasteiger partial charge < -0.3 is 9.72 Å². The molecule has 74 valence electrons. The number of aromatic nitrogens is 1. The van der Waals surface area contributed by atoms with Gasteiger partial charge >= 0.3 is 5.97 Å². The summed E-state index contributed by atoms with van der Waals surface area (Å²) < 4.78 is 4.85. The lowest BCUT2D eigenvalue weighted by molar-refractivity contribution is 0.0525. The van der Waals surface area contributed by atoms with Gasteiger partial charge in [-0.3, -0.25) is 0 Å². The molecule has 0 saturated heterocycles. The zero-order chi connectivity index (χ0) is 10.7. The summed E-state index contributed by atoms with van der Waals surface area (Å²) in [6, 6.07) is 1.99. The molecule has 0 atom stereocenters. The van der Waals surface area contributed by atoms with Gasteiger partial charge in [0.1, 0.15) is 6.07 Å². The molecule has 1 heterocycles. The maximum Gasteiger partial charge on any atom is 0.341 e. The van der Waals surface area contributed by atoms with Crippen LogP contribution in [0.15, 0.2) is 0 Å². The number of nitrogens with zero attached hydrogens (tertiary/aromatic N) is 1. The highest BCUT2D eigenvalue weighted by molar-refractivity contribution is 5.94. The van der Waals surface area contributed by atoms with Crippen LogP contribution in [0.3, 0.4) is 0 Å². The molecular weight excluding hydrogens is 180 g/mol. The smallest absolute Gasteiger partial charge is 0.341 e. The van der Waals surface area contributed by atoms with Crippen molar-refractivity contribution in [2.45, 2.75) is 20.8 Å². The van der Waals surface area contributed by atoms with Crippen LogP contribution >= 0.6 is 0 Å². The Balaban J connectivity index is 3.20. The predicted octanol–water partition coefficient (Wildman–Crippen LogP) is 1.68. The van der Waals surface area contributed by atoms with Crippen LogP contribution in [-0.2, 0) is 4.74 Å².